The highest BCUT2D eigenvalue weighted by atomic mass is 79.9. The number of aromatic nitrogens is 1. The Bertz CT molecular complexity index is 588. The lowest BCUT2D eigenvalue weighted by Crippen LogP contribution is -2.17. The quantitative estimate of drug-likeness (QED) is 0.538. The molecule has 2 aromatic rings. The molecule has 0 amide bonds. The number of halogens is 1. The molecule has 1 aromatic heterocycles. The number of carbonyl (C=O) groups is 2. The van der Waals surface area contributed by atoms with Gasteiger partial charge in [-0.15, -0.1) is 0 Å². The molecule has 0 spiro atoms. The van der Waals surface area contributed by atoms with Gasteiger partial charge in [0.15, 0.2) is 0 Å². The van der Waals surface area contributed by atoms with Gasteiger partial charge in [-0.1, -0.05) is 22.0 Å². The number of esters is 1. The molecule has 5 heteroatoms. The molecule has 17 heavy (non-hydrogen) atoms. The zero-order valence-corrected chi connectivity index (χ0v) is 10.7. The molecule has 0 atom stereocenters. The molecule has 88 valence electrons. The minimum Gasteiger partial charge on any atom is -0.460 e. The van der Waals surface area contributed by atoms with E-state index < -0.39 is 11.8 Å². The summed E-state index contributed by atoms with van der Waals surface area (Å²) < 4.78 is 5.56. The maximum absolute atomic E-state index is 11.7. The van der Waals surface area contributed by atoms with Crippen LogP contribution in [0, 0.1) is 0 Å². The molecule has 0 unspecified atom stereocenters. The van der Waals surface area contributed by atoms with Crippen LogP contribution in [-0.4, -0.2) is 23.3 Å². The second-order valence-corrected chi connectivity index (χ2v) is 4.38. The van der Waals surface area contributed by atoms with E-state index in [2.05, 4.69) is 25.7 Å². The predicted octanol–water partition coefficient (Wildman–Crippen LogP) is 2.68. The molecule has 1 N–H and O–H groups in total. The van der Waals surface area contributed by atoms with Gasteiger partial charge in [-0.05, 0) is 25.1 Å². The van der Waals surface area contributed by atoms with Crippen LogP contribution >= 0.6 is 15.9 Å². The van der Waals surface area contributed by atoms with Gasteiger partial charge in [-0.3, -0.25) is 4.79 Å². The van der Waals surface area contributed by atoms with Crippen LogP contribution in [0.2, 0.25) is 0 Å². The molecule has 0 aliphatic rings. The molecule has 4 nitrogen and oxygen atoms in total. The fraction of sp³-hybridized carbons (Fsp3) is 0.167. The van der Waals surface area contributed by atoms with Crippen molar-refractivity contribution < 1.29 is 14.3 Å². The number of hydrogen-bond donors (Lipinski definition) is 1. The molecular weight excluding hydrogens is 286 g/mol. The van der Waals surface area contributed by atoms with Crippen LogP contribution < -0.4 is 0 Å². The number of aromatic amines is 1. The number of ether oxygens (including phenoxy) is 1. The number of hydrogen-bond acceptors (Lipinski definition) is 3. The van der Waals surface area contributed by atoms with Crippen LogP contribution in [-0.2, 0) is 9.53 Å². The average molecular weight is 296 g/mol. The van der Waals surface area contributed by atoms with E-state index in [1.165, 1.54) is 0 Å². The summed E-state index contributed by atoms with van der Waals surface area (Å²) in [5, 5.41) is 0.876. The van der Waals surface area contributed by atoms with Gasteiger partial charge in [0.25, 0.3) is 5.78 Å². The third-order valence-corrected chi connectivity index (χ3v) is 2.78. The highest BCUT2D eigenvalue weighted by Crippen LogP contribution is 2.20. The summed E-state index contributed by atoms with van der Waals surface area (Å²) in [6.45, 7) is 1.85. The summed E-state index contributed by atoms with van der Waals surface area (Å²) in [6, 6.07) is 7.21. The van der Waals surface area contributed by atoms with Gasteiger partial charge in [-0.2, -0.15) is 0 Å². The Morgan fingerprint density at radius 3 is 2.82 bits per heavy atom. The van der Waals surface area contributed by atoms with Crippen molar-refractivity contribution in [2.45, 2.75) is 6.92 Å². The molecule has 0 aliphatic carbocycles. The normalized spacial score (nSPS) is 10.5. The minimum absolute atomic E-state index is 0.191. The van der Waals surface area contributed by atoms with Crippen molar-refractivity contribution in [1.82, 2.24) is 4.98 Å². The summed E-state index contributed by atoms with van der Waals surface area (Å²) in [6.07, 6.45) is 0. The molecular formula is C12H10BrNO3. The molecule has 0 radical (unpaired) electrons. The zero-order valence-electron chi connectivity index (χ0n) is 9.12. The van der Waals surface area contributed by atoms with E-state index in [0.717, 1.165) is 15.4 Å². The number of H-pyrrole nitrogens is 1. The van der Waals surface area contributed by atoms with E-state index in [1.807, 2.05) is 18.2 Å². The van der Waals surface area contributed by atoms with Gasteiger partial charge in [0.1, 0.15) is 0 Å². The van der Waals surface area contributed by atoms with E-state index in [-0.39, 0.29) is 12.3 Å². The van der Waals surface area contributed by atoms with Crippen LogP contribution in [0.25, 0.3) is 10.9 Å². The smallest absolute Gasteiger partial charge is 0.381 e. The van der Waals surface area contributed by atoms with Gasteiger partial charge >= 0.3 is 5.97 Å². The van der Waals surface area contributed by atoms with E-state index in [1.54, 1.807) is 13.0 Å². The third-order valence-electron chi connectivity index (χ3n) is 2.29. The van der Waals surface area contributed by atoms with Gasteiger partial charge in [0.05, 0.1) is 12.3 Å². The Morgan fingerprint density at radius 1 is 1.35 bits per heavy atom. The Balaban J connectivity index is 2.36. The topological polar surface area (TPSA) is 59.2 Å². The lowest BCUT2D eigenvalue weighted by atomic mass is 10.2. The fourth-order valence-electron chi connectivity index (χ4n) is 1.53. The standard InChI is InChI=1S/C12H10BrNO3/c1-2-17-12(16)11(15)10-5-7-3-4-8(13)6-9(7)14-10/h3-6,14H,2H2,1H3. The number of nitrogens with one attached hydrogen (secondary N) is 1. The largest absolute Gasteiger partial charge is 0.460 e. The van der Waals surface area contributed by atoms with Crippen LogP contribution in [0.4, 0.5) is 0 Å². The molecule has 0 fully saturated rings. The Kier molecular flexibility index (Phi) is 3.28. The van der Waals surface area contributed by atoms with Crippen molar-refractivity contribution in [3.8, 4) is 0 Å². The van der Waals surface area contributed by atoms with E-state index in [9.17, 15) is 9.59 Å². The third kappa shape index (κ3) is 2.39. The van der Waals surface area contributed by atoms with Crippen molar-refractivity contribution in [2.24, 2.45) is 0 Å². The maximum atomic E-state index is 11.7. The highest BCUT2D eigenvalue weighted by Gasteiger charge is 2.19. The van der Waals surface area contributed by atoms with Crippen molar-refractivity contribution in [3.63, 3.8) is 0 Å². The van der Waals surface area contributed by atoms with Crippen molar-refractivity contribution in [2.75, 3.05) is 6.61 Å². The Morgan fingerprint density at radius 2 is 2.12 bits per heavy atom. The monoisotopic (exact) mass is 295 g/mol. The average Bonchev–Trinajstić information content (AvgIpc) is 2.71. The lowest BCUT2D eigenvalue weighted by molar-refractivity contribution is -0.137. The highest BCUT2D eigenvalue weighted by molar-refractivity contribution is 9.10. The van der Waals surface area contributed by atoms with E-state index in [0.29, 0.717) is 0 Å². The van der Waals surface area contributed by atoms with Crippen LogP contribution in [0.3, 0.4) is 0 Å². The Hall–Kier alpha value is -1.62. The molecule has 0 bridgehead atoms. The first-order valence-electron chi connectivity index (χ1n) is 5.11. The summed E-state index contributed by atoms with van der Waals surface area (Å²) in [5.41, 5.74) is 1.04. The molecule has 1 heterocycles. The van der Waals surface area contributed by atoms with Crippen LogP contribution in [0.5, 0.6) is 0 Å². The molecule has 0 saturated heterocycles. The van der Waals surface area contributed by atoms with Crippen LogP contribution in [0.15, 0.2) is 28.7 Å². The first kappa shape index (κ1) is 11.9. The molecule has 2 rings (SSSR count). The number of benzene rings is 1. The van der Waals surface area contributed by atoms with Crippen molar-refractivity contribution in [3.05, 3.63) is 34.4 Å². The number of Topliss-reactive ketones (excluding diaryl/α,β-unsaturated/α-hetero) is 1. The van der Waals surface area contributed by atoms with Gasteiger partial charge in [0, 0.05) is 15.4 Å². The number of rotatable bonds is 3. The second kappa shape index (κ2) is 4.71. The summed E-state index contributed by atoms with van der Waals surface area (Å²) >= 11 is 3.34. The molecule has 0 aliphatic heterocycles. The first-order valence-corrected chi connectivity index (χ1v) is 5.91. The maximum Gasteiger partial charge on any atom is 0.381 e. The number of fused-ring (bicyclic) bond motifs is 1. The van der Waals surface area contributed by atoms with Crippen molar-refractivity contribution >= 4 is 38.6 Å². The number of ketones is 1. The summed E-state index contributed by atoms with van der Waals surface area (Å²) in [7, 11) is 0. The van der Waals surface area contributed by atoms with Crippen molar-refractivity contribution in [1.29, 1.82) is 0 Å². The minimum atomic E-state index is -0.835. The first-order chi connectivity index (χ1) is 8.11. The zero-order chi connectivity index (χ0) is 12.4. The molecule has 0 saturated carbocycles. The number of carbonyl (C=O) groups excluding carboxylic acids is 2. The summed E-state index contributed by atoms with van der Waals surface area (Å²) in [5.74, 6) is -1.49. The lowest BCUT2D eigenvalue weighted by Gasteiger charge is -1.97. The summed E-state index contributed by atoms with van der Waals surface area (Å²) in [4.78, 5) is 25.9. The van der Waals surface area contributed by atoms with Gasteiger partial charge in [0.2, 0.25) is 0 Å². The van der Waals surface area contributed by atoms with E-state index in [4.69, 9.17) is 0 Å². The molecule has 1 aromatic carbocycles. The van der Waals surface area contributed by atoms with Gasteiger partial charge in [-0.25, -0.2) is 4.79 Å². The van der Waals surface area contributed by atoms with Gasteiger partial charge < -0.3 is 9.72 Å². The van der Waals surface area contributed by atoms with E-state index >= 15 is 0 Å². The predicted molar refractivity (Wildman–Crippen MR) is 67.0 cm³/mol. The second-order valence-electron chi connectivity index (χ2n) is 3.46. The SMILES string of the molecule is CCOC(=O)C(=O)c1cc2ccc(Br)cc2[nH]1. The Labute approximate surface area is 106 Å². The fourth-order valence-corrected chi connectivity index (χ4v) is 1.89. The van der Waals surface area contributed by atoms with Crippen LogP contribution in [0.1, 0.15) is 17.4 Å².